The summed E-state index contributed by atoms with van der Waals surface area (Å²) in [6.07, 6.45) is 2.56. The van der Waals surface area contributed by atoms with Crippen LogP contribution in [0.25, 0.3) is 0 Å². The molecule has 0 saturated carbocycles. The molecular weight excluding hydrogens is 414 g/mol. The summed E-state index contributed by atoms with van der Waals surface area (Å²) in [5, 5.41) is 2.62. The number of nitrogens with zero attached hydrogens (tertiary/aromatic N) is 2. The van der Waals surface area contributed by atoms with Crippen LogP contribution < -0.4 is 5.32 Å². The Morgan fingerprint density at radius 1 is 1.03 bits per heavy atom. The van der Waals surface area contributed by atoms with Crippen LogP contribution >= 0.6 is 0 Å². The Morgan fingerprint density at radius 2 is 1.72 bits per heavy atom. The van der Waals surface area contributed by atoms with Gasteiger partial charge in [-0.3, -0.25) is 4.79 Å². The lowest BCUT2D eigenvalue weighted by Gasteiger charge is -2.11. The summed E-state index contributed by atoms with van der Waals surface area (Å²) in [6.45, 7) is 0.778. The van der Waals surface area contributed by atoms with Gasteiger partial charge in [-0.2, -0.15) is 8.42 Å². The summed E-state index contributed by atoms with van der Waals surface area (Å²) in [5.41, 5.74) is 0.560. The summed E-state index contributed by atoms with van der Waals surface area (Å²) in [5.74, 6) is 0.0343. The number of benzene rings is 2. The summed E-state index contributed by atoms with van der Waals surface area (Å²) < 4.78 is 52.1. The molecule has 0 radical (unpaired) electrons. The van der Waals surface area contributed by atoms with Crippen molar-refractivity contribution in [2.75, 3.05) is 25.2 Å². The highest BCUT2D eigenvalue weighted by Gasteiger charge is 2.20. The average molecular weight is 436 g/mol. The molecule has 1 N–H and O–H groups in total. The van der Waals surface area contributed by atoms with E-state index in [1.807, 2.05) is 4.90 Å². The number of hydrogen-bond donors (Lipinski definition) is 1. The molecule has 1 aliphatic rings. The van der Waals surface area contributed by atoms with Crippen LogP contribution in [0, 0.1) is 0 Å². The highest BCUT2D eigenvalue weighted by Crippen LogP contribution is 2.20. The number of hydrogen-bond acceptors (Lipinski definition) is 5. The van der Waals surface area contributed by atoms with Crippen LogP contribution in [0.3, 0.4) is 0 Å². The van der Waals surface area contributed by atoms with Gasteiger partial charge in [-0.25, -0.2) is 8.42 Å². The molecule has 0 atom stereocenters. The van der Waals surface area contributed by atoms with Gasteiger partial charge in [-0.05, 0) is 48.9 Å². The molecule has 2 aromatic carbocycles. The van der Waals surface area contributed by atoms with Crippen LogP contribution in [0.1, 0.15) is 23.2 Å². The Balaban J connectivity index is 1.76. The van der Waals surface area contributed by atoms with Crippen molar-refractivity contribution in [1.29, 1.82) is 0 Å². The van der Waals surface area contributed by atoms with Crippen LogP contribution in [-0.4, -0.2) is 53.3 Å². The number of carbonyl (C=O) groups excluding carboxylic acids is 1. The molecule has 0 aliphatic carbocycles. The van der Waals surface area contributed by atoms with E-state index in [-0.39, 0.29) is 15.4 Å². The van der Waals surface area contributed by atoms with Crippen LogP contribution in [0.4, 0.5) is 5.69 Å². The zero-order valence-corrected chi connectivity index (χ0v) is 17.6. The summed E-state index contributed by atoms with van der Waals surface area (Å²) >= 11 is 0. The minimum Gasteiger partial charge on any atom is -0.362 e. The molecule has 1 aliphatic heterocycles. The van der Waals surface area contributed by atoms with Crippen molar-refractivity contribution in [1.82, 2.24) is 4.90 Å². The van der Waals surface area contributed by atoms with Crippen molar-refractivity contribution >= 4 is 37.3 Å². The van der Waals surface area contributed by atoms with Crippen LogP contribution in [0.15, 0.2) is 62.7 Å². The Hall–Kier alpha value is -2.72. The van der Waals surface area contributed by atoms with Gasteiger partial charge in [0.1, 0.15) is 5.84 Å². The topological polar surface area (TPSA) is 113 Å². The number of sulfone groups is 1. The maximum atomic E-state index is 12.5. The van der Waals surface area contributed by atoms with Gasteiger partial charge in [0.15, 0.2) is 9.84 Å². The molecular formula is C19H21N3O5S2. The van der Waals surface area contributed by atoms with Crippen LogP contribution in [0.2, 0.25) is 0 Å². The highest BCUT2D eigenvalue weighted by molar-refractivity contribution is 7.90. The Labute approximate surface area is 170 Å². The van der Waals surface area contributed by atoms with E-state index in [9.17, 15) is 21.6 Å². The second-order valence-electron chi connectivity index (χ2n) is 6.79. The molecule has 1 heterocycles. The fourth-order valence-electron chi connectivity index (χ4n) is 2.88. The largest absolute Gasteiger partial charge is 0.362 e. The molecule has 1 amide bonds. The highest BCUT2D eigenvalue weighted by atomic mass is 32.2. The first-order chi connectivity index (χ1) is 13.6. The fourth-order valence-corrected chi connectivity index (χ4v) is 4.64. The van der Waals surface area contributed by atoms with Gasteiger partial charge in [-0.1, -0.05) is 6.07 Å². The Bertz CT molecular complexity index is 1170. The third kappa shape index (κ3) is 5.01. The van der Waals surface area contributed by atoms with Gasteiger partial charge in [-0.15, -0.1) is 4.40 Å². The number of nitrogens with one attached hydrogen (secondary N) is 1. The minimum atomic E-state index is -3.83. The van der Waals surface area contributed by atoms with Crippen molar-refractivity contribution in [3.63, 3.8) is 0 Å². The Kier molecular flexibility index (Phi) is 5.76. The first-order valence-corrected chi connectivity index (χ1v) is 12.2. The van der Waals surface area contributed by atoms with Crippen molar-refractivity contribution in [3.8, 4) is 0 Å². The van der Waals surface area contributed by atoms with E-state index in [2.05, 4.69) is 9.71 Å². The number of anilines is 1. The van der Waals surface area contributed by atoms with E-state index in [1.54, 1.807) is 7.05 Å². The molecule has 0 aromatic heterocycles. The third-order valence-corrected chi connectivity index (χ3v) is 6.92. The zero-order chi connectivity index (χ0) is 21.2. The molecule has 29 heavy (non-hydrogen) atoms. The normalized spacial score (nSPS) is 16.2. The van der Waals surface area contributed by atoms with Crippen molar-refractivity contribution in [2.24, 2.45) is 4.40 Å². The lowest BCUT2D eigenvalue weighted by atomic mass is 10.2. The quantitative estimate of drug-likeness (QED) is 0.770. The van der Waals surface area contributed by atoms with Crippen LogP contribution in [-0.2, 0) is 19.9 Å². The first-order valence-electron chi connectivity index (χ1n) is 8.83. The predicted molar refractivity (Wildman–Crippen MR) is 110 cm³/mol. The predicted octanol–water partition coefficient (Wildman–Crippen LogP) is 2.16. The molecule has 0 unspecified atom stereocenters. The van der Waals surface area contributed by atoms with E-state index in [4.69, 9.17) is 0 Å². The SMILES string of the molecule is CN1CCC/C1=N\S(=O)(=O)c1ccc(NC(=O)c2cccc(S(C)(=O)=O)c2)cc1. The van der Waals surface area contributed by atoms with E-state index in [0.717, 1.165) is 19.2 Å². The zero-order valence-electron chi connectivity index (χ0n) is 16.0. The number of carbonyl (C=O) groups is 1. The standard InChI is InChI=1S/C19H21N3O5S2/c1-22-12-4-7-18(22)21-29(26,27)16-10-8-15(9-11-16)20-19(23)14-5-3-6-17(13-14)28(2,24)25/h3,5-6,8-11,13H,4,7,12H2,1-2H3,(H,20,23)/b21-18+. The average Bonchev–Trinajstić information content (AvgIpc) is 3.05. The van der Waals surface area contributed by atoms with E-state index in [1.165, 1.54) is 48.5 Å². The minimum absolute atomic E-state index is 0.0300. The summed E-state index contributed by atoms with van der Waals surface area (Å²) in [4.78, 5) is 14.3. The second-order valence-corrected chi connectivity index (χ2v) is 10.4. The molecule has 154 valence electrons. The van der Waals surface area contributed by atoms with Crippen molar-refractivity contribution in [2.45, 2.75) is 22.6 Å². The first kappa shape index (κ1) is 21.0. The van der Waals surface area contributed by atoms with Crippen LogP contribution in [0.5, 0.6) is 0 Å². The van der Waals surface area contributed by atoms with Crippen molar-refractivity contribution < 1.29 is 21.6 Å². The maximum Gasteiger partial charge on any atom is 0.283 e. The second kappa shape index (κ2) is 7.96. The summed E-state index contributed by atoms with van der Waals surface area (Å²) in [7, 11) is -5.46. The third-order valence-electron chi connectivity index (χ3n) is 4.49. The molecule has 1 saturated heterocycles. The molecule has 8 nitrogen and oxygen atoms in total. The van der Waals surface area contributed by atoms with Gasteiger partial charge in [0.25, 0.3) is 15.9 Å². The number of amidine groups is 1. The van der Waals surface area contributed by atoms with Crippen molar-refractivity contribution in [3.05, 3.63) is 54.1 Å². The van der Waals surface area contributed by atoms with Gasteiger partial charge in [0.2, 0.25) is 0 Å². The number of sulfonamides is 1. The van der Waals surface area contributed by atoms with Gasteiger partial charge in [0, 0.05) is 37.5 Å². The monoisotopic (exact) mass is 435 g/mol. The molecule has 2 aromatic rings. The molecule has 1 fully saturated rings. The van der Waals surface area contributed by atoms with E-state index in [0.29, 0.717) is 17.9 Å². The molecule has 0 spiro atoms. The molecule has 3 rings (SSSR count). The lowest BCUT2D eigenvalue weighted by molar-refractivity contribution is 0.102. The van der Waals surface area contributed by atoms with E-state index < -0.39 is 25.8 Å². The maximum absolute atomic E-state index is 12.5. The fraction of sp³-hybridized carbons (Fsp3) is 0.263. The Morgan fingerprint density at radius 3 is 2.31 bits per heavy atom. The number of amides is 1. The smallest absolute Gasteiger partial charge is 0.283 e. The van der Waals surface area contributed by atoms with Gasteiger partial charge >= 0.3 is 0 Å². The molecule has 0 bridgehead atoms. The number of rotatable bonds is 5. The molecule has 10 heteroatoms. The number of likely N-dealkylation sites (tertiary alicyclic amines) is 1. The van der Waals surface area contributed by atoms with E-state index >= 15 is 0 Å². The van der Waals surface area contributed by atoms with Gasteiger partial charge < -0.3 is 10.2 Å². The lowest BCUT2D eigenvalue weighted by Crippen LogP contribution is -2.20. The summed E-state index contributed by atoms with van der Waals surface area (Å²) in [6, 6.07) is 11.4. The van der Waals surface area contributed by atoms with Gasteiger partial charge in [0.05, 0.1) is 9.79 Å².